The van der Waals surface area contributed by atoms with Crippen LogP contribution in [0.1, 0.15) is 30.6 Å². The zero-order valence-electron chi connectivity index (χ0n) is 10.4. The fourth-order valence-corrected chi connectivity index (χ4v) is 1.59. The molecule has 4 nitrogen and oxygen atoms in total. The highest BCUT2D eigenvalue weighted by molar-refractivity contribution is 5.70. The topological polar surface area (TPSA) is 66.8 Å². The fraction of sp³-hybridized carbons (Fsp3) is 0.357. The summed E-state index contributed by atoms with van der Waals surface area (Å²) < 4.78 is 4.72. The van der Waals surface area contributed by atoms with Gasteiger partial charge < -0.3 is 14.9 Å². The molecule has 2 atom stereocenters. The average Bonchev–Trinajstić information content (AvgIpc) is 2.38. The van der Waals surface area contributed by atoms with E-state index in [0.29, 0.717) is 5.56 Å². The van der Waals surface area contributed by atoms with E-state index in [4.69, 9.17) is 4.74 Å². The van der Waals surface area contributed by atoms with Crippen LogP contribution in [-0.2, 0) is 9.53 Å². The molecule has 0 amide bonds. The lowest BCUT2D eigenvalue weighted by Crippen LogP contribution is -2.23. The van der Waals surface area contributed by atoms with E-state index in [1.807, 2.05) is 6.07 Å². The molecule has 4 heteroatoms. The molecule has 0 saturated heterocycles. The summed E-state index contributed by atoms with van der Waals surface area (Å²) in [5.41, 5.74) is 1.39. The van der Waals surface area contributed by atoms with Gasteiger partial charge in [0.15, 0.2) is 0 Å². The highest BCUT2D eigenvalue weighted by Crippen LogP contribution is 2.20. The summed E-state index contributed by atoms with van der Waals surface area (Å²) >= 11 is 0. The van der Waals surface area contributed by atoms with Crippen molar-refractivity contribution >= 4 is 12.0 Å². The molecule has 1 aromatic carbocycles. The summed E-state index contributed by atoms with van der Waals surface area (Å²) in [6, 6.07) is 6.99. The average molecular weight is 250 g/mol. The first-order valence-corrected chi connectivity index (χ1v) is 5.82. The van der Waals surface area contributed by atoms with Crippen LogP contribution in [0.25, 0.3) is 6.08 Å². The molecule has 0 fully saturated rings. The third-order valence-corrected chi connectivity index (χ3v) is 2.53. The minimum absolute atomic E-state index is 0.229. The molecular formula is C14H18O4. The van der Waals surface area contributed by atoms with Gasteiger partial charge in [-0.05, 0) is 24.1 Å². The van der Waals surface area contributed by atoms with Crippen LogP contribution in [0.4, 0.5) is 0 Å². The van der Waals surface area contributed by atoms with E-state index in [9.17, 15) is 15.0 Å². The quantitative estimate of drug-likeness (QED) is 0.754. The van der Waals surface area contributed by atoms with Crippen molar-refractivity contribution in [2.75, 3.05) is 6.61 Å². The molecule has 0 saturated carbocycles. The standard InChI is InChI=1S/C14H18O4/c1-3-10-6-5-7-11(8-10)14(17)12(15)9-13(16)18-4-2/h3,5-8,12,14-15,17H,1,4,9H2,2H3. The summed E-state index contributed by atoms with van der Waals surface area (Å²) in [5.74, 6) is -0.524. The molecule has 1 aromatic rings. The van der Waals surface area contributed by atoms with Gasteiger partial charge in [-0.15, -0.1) is 0 Å². The molecule has 0 radical (unpaired) electrons. The Morgan fingerprint density at radius 3 is 2.83 bits per heavy atom. The number of aliphatic hydroxyl groups is 2. The van der Waals surface area contributed by atoms with Gasteiger partial charge in [-0.1, -0.05) is 30.9 Å². The van der Waals surface area contributed by atoms with Crippen LogP contribution in [0.5, 0.6) is 0 Å². The Bertz CT molecular complexity index is 414. The Hall–Kier alpha value is -1.65. The number of ether oxygens (including phenoxy) is 1. The maximum absolute atomic E-state index is 11.2. The molecule has 0 aromatic heterocycles. The maximum atomic E-state index is 11.2. The van der Waals surface area contributed by atoms with Crippen LogP contribution in [0.2, 0.25) is 0 Å². The Kier molecular flexibility index (Phi) is 5.55. The lowest BCUT2D eigenvalue weighted by molar-refractivity contribution is -0.147. The van der Waals surface area contributed by atoms with Crippen LogP contribution in [0.3, 0.4) is 0 Å². The molecular weight excluding hydrogens is 232 g/mol. The number of benzene rings is 1. The number of hydrogen-bond donors (Lipinski definition) is 2. The minimum atomic E-state index is -1.18. The van der Waals surface area contributed by atoms with Crippen molar-refractivity contribution in [3.8, 4) is 0 Å². The predicted octanol–water partition coefficient (Wildman–Crippen LogP) is 1.68. The van der Waals surface area contributed by atoms with Gasteiger partial charge in [0, 0.05) is 0 Å². The summed E-state index contributed by atoms with van der Waals surface area (Å²) in [4.78, 5) is 11.2. The minimum Gasteiger partial charge on any atom is -0.466 e. The largest absolute Gasteiger partial charge is 0.466 e. The van der Waals surface area contributed by atoms with E-state index in [1.165, 1.54) is 0 Å². The lowest BCUT2D eigenvalue weighted by atomic mass is 10.0. The van der Waals surface area contributed by atoms with E-state index in [0.717, 1.165) is 5.56 Å². The molecule has 0 heterocycles. The highest BCUT2D eigenvalue weighted by atomic mass is 16.5. The van der Waals surface area contributed by atoms with Gasteiger partial charge >= 0.3 is 5.97 Å². The Morgan fingerprint density at radius 1 is 1.50 bits per heavy atom. The molecule has 18 heavy (non-hydrogen) atoms. The first-order chi connectivity index (χ1) is 8.58. The maximum Gasteiger partial charge on any atom is 0.308 e. The second-order valence-corrected chi connectivity index (χ2v) is 3.90. The number of carbonyl (C=O) groups is 1. The van der Waals surface area contributed by atoms with Crippen LogP contribution in [0.15, 0.2) is 30.8 Å². The van der Waals surface area contributed by atoms with Gasteiger partial charge in [0.1, 0.15) is 6.10 Å². The normalized spacial score (nSPS) is 13.7. The molecule has 0 spiro atoms. The molecule has 2 N–H and O–H groups in total. The SMILES string of the molecule is C=Cc1cccc(C(O)C(O)CC(=O)OCC)c1. The molecule has 0 bridgehead atoms. The molecule has 0 aliphatic carbocycles. The summed E-state index contributed by atoms with van der Waals surface area (Å²) in [5, 5.41) is 19.7. The van der Waals surface area contributed by atoms with Gasteiger partial charge in [-0.25, -0.2) is 0 Å². The third-order valence-electron chi connectivity index (χ3n) is 2.53. The molecule has 0 aliphatic rings. The Morgan fingerprint density at radius 2 is 2.22 bits per heavy atom. The number of rotatable bonds is 6. The summed E-state index contributed by atoms with van der Waals surface area (Å²) in [6.07, 6.45) is -0.875. The van der Waals surface area contributed by atoms with Crippen molar-refractivity contribution in [2.24, 2.45) is 0 Å². The molecule has 1 rings (SSSR count). The van der Waals surface area contributed by atoms with Crippen LogP contribution in [-0.4, -0.2) is 28.9 Å². The number of esters is 1. The predicted molar refractivity (Wildman–Crippen MR) is 68.7 cm³/mol. The smallest absolute Gasteiger partial charge is 0.308 e. The Balaban J connectivity index is 2.70. The monoisotopic (exact) mass is 250 g/mol. The second-order valence-electron chi connectivity index (χ2n) is 3.90. The first kappa shape index (κ1) is 14.4. The van der Waals surface area contributed by atoms with Crippen molar-refractivity contribution in [2.45, 2.75) is 25.6 Å². The highest BCUT2D eigenvalue weighted by Gasteiger charge is 2.22. The van der Waals surface area contributed by atoms with Crippen molar-refractivity contribution in [3.63, 3.8) is 0 Å². The van der Waals surface area contributed by atoms with Crippen molar-refractivity contribution < 1.29 is 19.7 Å². The van der Waals surface area contributed by atoms with Crippen LogP contribution >= 0.6 is 0 Å². The third kappa shape index (κ3) is 3.98. The van der Waals surface area contributed by atoms with Gasteiger partial charge in [-0.2, -0.15) is 0 Å². The van der Waals surface area contributed by atoms with Crippen molar-refractivity contribution in [3.05, 3.63) is 42.0 Å². The number of aliphatic hydroxyl groups excluding tert-OH is 2. The summed E-state index contributed by atoms with van der Waals surface area (Å²) in [7, 11) is 0. The van der Waals surface area contributed by atoms with Gasteiger partial charge in [0.2, 0.25) is 0 Å². The van der Waals surface area contributed by atoms with E-state index in [1.54, 1.807) is 31.2 Å². The molecule has 2 unspecified atom stereocenters. The summed E-state index contributed by atoms with van der Waals surface area (Å²) in [6.45, 7) is 5.58. The first-order valence-electron chi connectivity index (χ1n) is 5.82. The van der Waals surface area contributed by atoms with Gasteiger partial charge in [-0.3, -0.25) is 4.79 Å². The fourth-order valence-electron chi connectivity index (χ4n) is 1.59. The van der Waals surface area contributed by atoms with Crippen LogP contribution < -0.4 is 0 Å². The number of carbonyl (C=O) groups excluding carboxylic acids is 1. The van der Waals surface area contributed by atoms with E-state index < -0.39 is 18.2 Å². The number of hydrogen-bond acceptors (Lipinski definition) is 4. The van der Waals surface area contributed by atoms with Crippen molar-refractivity contribution in [1.82, 2.24) is 0 Å². The zero-order chi connectivity index (χ0) is 13.5. The van der Waals surface area contributed by atoms with Gasteiger partial charge in [0.05, 0.1) is 19.1 Å². The van der Waals surface area contributed by atoms with Gasteiger partial charge in [0.25, 0.3) is 0 Å². The zero-order valence-corrected chi connectivity index (χ0v) is 10.4. The van der Waals surface area contributed by atoms with Crippen LogP contribution in [0, 0.1) is 0 Å². The molecule has 0 aliphatic heterocycles. The van der Waals surface area contributed by atoms with E-state index in [2.05, 4.69) is 6.58 Å². The lowest BCUT2D eigenvalue weighted by Gasteiger charge is -2.17. The van der Waals surface area contributed by atoms with E-state index >= 15 is 0 Å². The second kappa shape index (κ2) is 6.93. The van der Waals surface area contributed by atoms with E-state index in [-0.39, 0.29) is 13.0 Å². The molecule has 98 valence electrons. The Labute approximate surface area is 107 Å². The van der Waals surface area contributed by atoms with Crippen molar-refractivity contribution in [1.29, 1.82) is 0 Å².